The Hall–Kier alpha value is -1.92. The number of aliphatic imine (C=N–C) groups is 1. The Morgan fingerprint density at radius 1 is 1.57 bits per heavy atom. The molecule has 7 heteroatoms. The van der Waals surface area contributed by atoms with Crippen molar-refractivity contribution >= 4 is 5.96 Å². The van der Waals surface area contributed by atoms with Crippen LogP contribution in [0.2, 0.25) is 0 Å². The van der Waals surface area contributed by atoms with Crippen LogP contribution in [0.4, 0.5) is 8.78 Å². The molecule has 1 unspecified atom stereocenters. The smallest absolute Gasteiger partial charge is 0.387 e. The quantitative estimate of drug-likeness (QED) is 0.684. The van der Waals surface area contributed by atoms with Gasteiger partial charge in [-0.3, -0.25) is 4.98 Å². The number of hydrogen-bond acceptors (Lipinski definition) is 3. The molecule has 0 radical (unpaired) electrons. The van der Waals surface area contributed by atoms with Crippen LogP contribution in [0.1, 0.15) is 25.5 Å². The minimum absolute atomic E-state index is 0.0376. The predicted molar refractivity (Wildman–Crippen MR) is 76.2 cm³/mol. The van der Waals surface area contributed by atoms with Crippen LogP contribution >= 0.6 is 0 Å². The molecule has 1 saturated heterocycles. The Labute approximate surface area is 122 Å². The van der Waals surface area contributed by atoms with E-state index in [4.69, 9.17) is 5.73 Å². The number of ether oxygens (including phenoxy) is 1. The number of pyridine rings is 1. The summed E-state index contributed by atoms with van der Waals surface area (Å²) in [6.07, 6.45) is 3.60. The highest BCUT2D eigenvalue weighted by molar-refractivity contribution is 5.78. The van der Waals surface area contributed by atoms with Gasteiger partial charge in [0.15, 0.2) is 5.96 Å². The van der Waals surface area contributed by atoms with E-state index in [2.05, 4.69) is 26.5 Å². The third-order valence-corrected chi connectivity index (χ3v) is 3.41. The molecule has 1 aliphatic heterocycles. The van der Waals surface area contributed by atoms with Crippen LogP contribution in [0, 0.1) is 5.92 Å². The Balaban J connectivity index is 1.90. The highest BCUT2D eigenvalue weighted by atomic mass is 19.3. The lowest BCUT2D eigenvalue weighted by Crippen LogP contribution is -2.43. The molecule has 5 nitrogen and oxygen atoms in total. The number of halogens is 2. The summed E-state index contributed by atoms with van der Waals surface area (Å²) in [4.78, 5) is 10.4. The van der Waals surface area contributed by atoms with Crippen molar-refractivity contribution in [2.75, 3.05) is 13.1 Å². The zero-order chi connectivity index (χ0) is 15.2. The summed E-state index contributed by atoms with van der Waals surface area (Å²) >= 11 is 0. The van der Waals surface area contributed by atoms with Crippen LogP contribution in [0.5, 0.6) is 5.75 Å². The molecule has 1 aromatic heterocycles. The summed E-state index contributed by atoms with van der Waals surface area (Å²) in [5, 5.41) is 0. The molecule has 0 saturated carbocycles. The molecule has 0 aromatic carbocycles. The molecule has 2 rings (SSSR count). The zero-order valence-electron chi connectivity index (χ0n) is 12.0. The van der Waals surface area contributed by atoms with Crippen LogP contribution in [0.15, 0.2) is 23.3 Å². The second kappa shape index (κ2) is 7.19. The highest BCUT2D eigenvalue weighted by Gasteiger charge is 2.17. The van der Waals surface area contributed by atoms with E-state index in [1.807, 2.05) is 0 Å². The van der Waals surface area contributed by atoms with Gasteiger partial charge in [-0.2, -0.15) is 8.78 Å². The second-order valence-electron chi connectivity index (χ2n) is 5.23. The maximum atomic E-state index is 12.0. The van der Waals surface area contributed by atoms with Crippen molar-refractivity contribution in [3.05, 3.63) is 24.0 Å². The Bertz CT molecular complexity index is 478. The Morgan fingerprint density at radius 2 is 2.38 bits per heavy atom. The van der Waals surface area contributed by atoms with E-state index in [1.165, 1.54) is 18.7 Å². The fraction of sp³-hybridized carbons (Fsp3) is 0.571. The maximum Gasteiger partial charge on any atom is 0.387 e. The van der Waals surface area contributed by atoms with Gasteiger partial charge in [0.25, 0.3) is 0 Å². The maximum absolute atomic E-state index is 12.0. The van der Waals surface area contributed by atoms with Gasteiger partial charge < -0.3 is 15.4 Å². The largest absolute Gasteiger partial charge is 0.433 e. The molecular weight excluding hydrogens is 278 g/mol. The van der Waals surface area contributed by atoms with Gasteiger partial charge in [0.1, 0.15) is 5.75 Å². The first-order valence-corrected chi connectivity index (χ1v) is 6.99. The second-order valence-corrected chi connectivity index (χ2v) is 5.23. The van der Waals surface area contributed by atoms with Crippen LogP contribution in [-0.4, -0.2) is 35.5 Å². The van der Waals surface area contributed by atoms with E-state index in [1.54, 1.807) is 6.07 Å². The summed E-state index contributed by atoms with van der Waals surface area (Å²) in [5.74, 6) is 1.17. The van der Waals surface area contributed by atoms with Gasteiger partial charge in [-0.25, -0.2) is 4.99 Å². The van der Waals surface area contributed by atoms with E-state index >= 15 is 0 Å². The third kappa shape index (κ3) is 4.84. The number of hydrogen-bond donors (Lipinski definition) is 1. The number of piperidine rings is 1. The van der Waals surface area contributed by atoms with Gasteiger partial charge in [0.2, 0.25) is 0 Å². The number of nitrogens with zero attached hydrogens (tertiary/aromatic N) is 3. The molecule has 0 spiro atoms. The molecule has 21 heavy (non-hydrogen) atoms. The lowest BCUT2D eigenvalue weighted by Gasteiger charge is -2.31. The minimum atomic E-state index is -2.84. The lowest BCUT2D eigenvalue weighted by molar-refractivity contribution is -0.0500. The summed E-state index contributed by atoms with van der Waals surface area (Å²) in [6, 6.07) is 3.05. The third-order valence-electron chi connectivity index (χ3n) is 3.41. The fourth-order valence-electron chi connectivity index (χ4n) is 2.34. The fourth-order valence-corrected chi connectivity index (χ4v) is 2.34. The van der Waals surface area contributed by atoms with E-state index in [0.717, 1.165) is 19.5 Å². The van der Waals surface area contributed by atoms with Gasteiger partial charge >= 0.3 is 6.61 Å². The van der Waals surface area contributed by atoms with Crippen molar-refractivity contribution in [1.82, 2.24) is 9.88 Å². The van der Waals surface area contributed by atoms with E-state index in [9.17, 15) is 8.78 Å². The molecule has 1 atom stereocenters. The van der Waals surface area contributed by atoms with Crippen molar-refractivity contribution in [1.29, 1.82) is 0 Å². The van der Waals surface area contributed by atoms with Crippen LogP contribution in [0.3, 0.4) is 0 Å². The number of rotatable bonds is 4. The lowest BCUT2D eigenvalue weighted by atomic mass is 10.0. The topological polar surface area (TPSA) is 63.7 Å². The number of likely N-dealkylation sites (tertiary alicyclic amines) is 1. The number of aromatic nitrogens is 1. The van der Waals surface area contributed by atoms with Crippen LogP contribution in [-0.2, 0) is 6.54 Å². The van der Waals surface area contributed by atoms with Gasteiger partial charge in [0, 0.05) is 13.1 Å². The summed E-state index contributed by atoms with van der Waals surface area (Å²) in [5.41, 5.74) is 6.64. The monoisotopic (exact) mass is 298 g/mol. The Morgan fingerprint density at radius 3 is 3.00 bits per heavy atom. The van der Waals surface area contributed by atoms with Crippen molar-refractivity contribution < 1.29 is 13.5 Å². The van der Waals surface area contributed by atoms with Gasteiger partial charge in [-0.05, 0) is 30.9 Å². The molecular formula is C14H20F2N4O. The van der Waals surface area contributed by atoms with Crippen molar-refractivity contribution in [2.24, 2.45) is 16.6 Å². The molecule has 1 aromatic rings. The molecule has 0 bridgehead atoms. The van der Waals surface area contributed by atoms with Crippen molar-refractivity contribution in [2.45, 2.75) is 32.9 Å². The Kier molecular flexibility index (Phi) is 5.30. The first-order valence-electron chi connectivity index (χ1n) is 6.99. The highest BCUT2D eigenvalue weighted by Crippen LogP contribution is 2.15. The standard InChI is InChI=1S/C14H20F2N4O/c1-10-3-2-6-20(9-10)14(17)19-7-11-4-5-12(8-18-11)21-13(15)16/h4-5,8,10,13H,2-3,6-7,9H2,1H3,(H2,17,19). The molecule has 0 amide bonds. The van der Waals surface area contributed by atoms with Gasteiger partial charge in [-0.15, -0.1) is 0 Å². The van der Waals surface area contributed by atoms with Crippen molar-refractivity contribution in [3.8, 4) is 5.75 Å². The van der Waals surface area contributed by atoms with E-state index in [0.29, 0.717) is 24.1 Å². The average Bonchev–Trinajstić information content (AvgIpc) is 2.45. The normalized spacial score (nSPS) is 19.9. The molecule has 2 N–H and O–H groups in total. The van der Waals surface area contributed by atoms with Crippen LogP contribution < -0.4 is 10.5 Å². The molecule has 1 fully saturated rings. The minimum Gasteiger partial charge on any atom is -0.433 e. The summed E-state index contributed by atoms with van der Waals surface area (Å²) in [7, 11) is 0. The molecule has 2 heterocycles. The van der Waals surface area contributed by atoms with E-state index < -0.39 is 6.61 Å². The average molecular weight is 298 g/mol. The van der Waals surface area contributed by atoms with Crippen molar-refractivity contribution in [3.63, 3.8) is 0 Å². The number of guanidine groups is 1. The first-order chi connectivity index (χ1) is 10.0. The van der Waals surface area contributed by atoms with Gasteiger partial charge in [-0.1, -0.05) is 6.92 Å². The summed E-state index contributed by atoms with van der Waals surface area (Å²) in [6.45, 7) is 1.53. The SMILES string of the molecule is CC1CCCN(C(N)=NCc2ccc(OC(F)F)cn2)C1. The number of nitrogens with two attached hydrogens (primary N) is 1. The van der Waals surface area contributed by atoms with E-state index in [-0.39, 0.29) is 5.75 Å². The molecule has 1 aliphatic rings. The molecule has 116 valence electrons. The van der Waals surface area contributed by atoms with Gasteiger partial charge in [0.05, 0.1) is 18.4 Å². The van der Waals surface area contributed by atoms with Crippen LogP contribution in [0.25, 0.3) is 0 Å². The molecule has 0 aliphatic carbocycles. The zero-order valence-corrected chi connectivity index (χ0v) is 12.0. The first kappa shape index (κ1) is 15.5. The number of alkyl halides is 2. The predicted octanol–water partition coefficient (Wildman–Crippen LogP) is 2.23. The summed E-state index contributed by atoms with van der Waals surface area (Å²) < 4.78 is 28.3.